The molecular weight excluding hydrogens is 562 g/mol. The summed E-state index contributed by atoms with van der Waals surface area (Å²) in [6, 6.07) is 24.2. The van der Waals surface area contributed by atoms with E-state index in [9.17, 15) is 8.42 Å². The van der Waals surface area contributed by atoms with Crippen molar-refractivity contribution in [3.63, 3.8) is 0 Å². The first-order valence-corrected chi connectivity index (χ1v) is 16.2. The maximum atomic E-state index is 10.3. The van der Waals surface area contributed by atoms with Crippen LogP contribution in [0.15, 0.2) is 97.6 Å². The number of rotatable bonds is 13. The summed E-state index contributed by atoms with van der Waals surface area (Å²) in [6.07, 6.45) is 12.4. The molecule has 5 rings (SSSR count). The van der Waals surface area contributed by atoms with E-state index in [1.165, 1.54) is 6.42 Å². The predicted octanol–water partition coefficient (Wildman–Crippen LogP) is 4.68. The summed E-state index contributed by atoms with van der Waals surface area (Å²) in [5.41, 5.74) is 4.24. The van der Waals surface area contributed by atoms with Gasteiger partial charge in [0.1, 0.15) is 0 Å². The van der Waals surface area contributed by atoms with Crippen LogP contribution in [-0.2, 0) is 36.5 Å². The summed E-state index contributed by atoms with van der Waals surface area (Å²) in [5.74, 6) is 0. The Morgan fingerprint density at radius 3 is 1.23 bits per heavy atom. The van der Waals surface area contributed by atoms with Crippen LogP contribution in [0.1, 0.15) is 54.9 Å². The maximum absolute atomic E-state index is 10.3. The van der Waals surface area contributed by atoms with Crippen molar-refractivity contribution in [1.29, 1.82) is 0 Å². The first-order valence-electron chi connectivity index (χ1n) is 14.7. The first-order chi connectivity index (χ1) is 20.9. The minimum atomic E-state index is -3.97. The summed E-state index contributed by atoms with van der Waals surface area (Å²) < 4.78 is 31.3. The van der Waals surface area contributed by atoms with Gasteiger partial charge in [0.15, 0.2) is 0 Å². The highest BCUT2D eigenvalue weighted by atomic mass is 32.2. The summed E-state index contributed by atoms with van der Waals surface area (Å²) in [5, 5.41) is 0. The molecule has 1 saturated carbocycles. The largest absolute Gasteiger partial charge is 0.333 e. The zero-order valence-electron chi connectivity index (χ0n) is 24.4. The maximum Gasteiger partial charge on any atom is 0.333 e. The number of pyridine rings is 4. The molecule has 4 aromatic heterocycles. The fourth-order valence-corrected chi connectivity index (χ4v) is 5.68. The van der Waals surface area contributed by atoms with E-state index in [4.69, 9.17) is 4.55 Å². The van der Waals surface area contributed by atoms with Gasteiger partial charge >= 0.3 is 10.3 Å². The molecule has 0 bridgehead atoms. The van der Waals surface area contributed by atoms with E-state index in [0.717, 1.165) is 87.7 Å². The molecule has 10 nitrogen and oxygen atoms in total. The smallest absolute Gasteiger partial charge is 0.290 e. The summed E-state index contributed by atoms with van der Waals surface area (Å²) >= 11 is 0. The van der Waals surface area contributed by atoms with Crippen molar-refractivity contribution in [2.24, 2.45) is 0 Å². The third kappa shape index (κ3) is 13.1. The third-order valence-electron chi connectivity index (χ3n) is 7.10. The Bertz CT molecular complexity index is 1240. The van der Waals surface area contributed by atoms with Crippen molar-refractivity contribution in [3.8, 4) is 0 Å². The van der Waals surface area contributed by atoms with Crippen LogP contribution in [0.5, 0.6) is 0 Å². The Hall–Kier alpha value is -3.61. The molecule has 228 valence electrons. The Morgan fingerprint density at radius 1 is 0.605 bits per heavy atom. The highest BCUT2D eigenvalue weighted by Gasteiger charge is 2.17. The van der Waals surface area contributed by atoms with E-state index in [1.54, 1.807) is 0 Å². The Kier molecular flexibility index (Phi) is 13.1. The van der Waals surface area contributed by atoms with Gasteiger partial charge in [-0.05, 0) is 61.4 Å². The van der Waals surface area contributed by atoms with E-state index >= 15 is 0 Å². The highest BCUT2D eigenvalue weighted by molar-refractivity contribution is 7.83. The summed E-state index contributed by atoms with van der Waals surface area (Å²) in [7, 11) is -3.97. The molecule has 11 heteroatoms. The van der Waals surface area contributed by atoms with Crippen LogP contribution < -0.4 is 4.72 Å². The normalized spacial score (nSPS) is 13.9. The molecule has 1 aliphatic carbocycles. The molecule has 0 spiro atoms. The van der Waals surface area contributed by atoms with Crippen LogP contribution in [-0.4, -0.2) is 61.8 Å². The molecule has 1 aliphatic rings. The van der Waals surface area contributed by atoms with Crippen molar-refractivity contribution >= 4 is 10.3 Å². The van der Waals surface area contributed by atoms with E-state index in [-0.39, 0.29) is 6.04 Å². The van der Waals surface area contributed by atoms with Crippen LogP contribution >= 0.6 is 0 Å². The van der Waals surface area contributed by atoms with Gasteiger partial charge in [0.25, 0.3) is 0 Å². The number of nitrogens with one attached hydrogen (secondary N) is 1. The second-order valence-electron chi connectivity index (χ2n) is 10.6. The first kappa shape index (κ1) is 32.3. The van der Waals surface area contributed by atoms with Gasteiger partial charge in [0, 0.05) is 70.1 Å². The summed E-state index contributed by atoms with van der Waals surface area (Å²) in [6.45, 7) is 4.87. The van der Waals surface area contributed by atoms with Gasteiger partial charge in [0.2, 0.25) is 0 Å². The fraction of sp³-hybridized carbons (Fsp3) is 0.375. The van der Waals surface area contributed by atoms with Crippen LogP contribution in [0.2, 0.25) is 0 Å². The van der Waals surface area contributed by atoms with Gasteiger partial charge in [-0.3, -0.25) is 34.3 Å². The van der Waals surface area contributed by atoms with Crippen LogP contribution in [0.25, 0.3) is 0 Å². The van der Waals surface area contributed by atoms with E-state index in [2.05, 4.69) is 58.7 Å². The molecule has 0 radical (unpaired) electrons. The quantitative estimate of drug-likeness (QED) is 0.210. The van der Waals surface area contributed by atoms with Crippen molar-refractivity contribution in [3.05, 3.63) is 120 Å². The Morgan fingerprint density at radius 2 is 0.953 bits per heavy atom. The molecule has 0 amide bonds. The zero-order chi connectivity index (χ0) is 30.2. The lowest BCUT2D eigenvalue weighted by atomic mass is 9.96. The lowest BCUT2D eigenvalue weighted by Gasteiger charge is -2.27. The molecule has 0 saturated heterocycles. The average molecular weight is 604 g/mol. The molecule has 43 heavy (non-hydrogen) atoms. The highest BCUT2D eigenvalue weighted by Crippen LogP contribution is 2.17. The standard InChI is InChI=1S/C26H28N6.C6H13NO3S/c1-5-13-27-23(9-1)19-31(20-24-10-2-6-14-28-24)17-18-32(21-25-11-3-7-15-29-25)22-26-12-4-8-16-30-26;8-11(9,10)7-6-4-2-1-3-5-6/h1-16H,17-22H2;6-7H,1-5H2,(H,8,9,10). The third-order valence-corrected chi connectivity index (χ3v) is 7.73. The molecule has 0 unspecified atom stereocenters. The van der Waals surface area contributed by atoms with Gasteiger partial charge in [-0.25, -0.2) is 0 Å². The van der Waals surface area contributed by atoms with Crippen molar-refractivity contribution in [1.82, 2.24) is 34.5 Å². The second-order valence-corrected chi connectivity index (χ2v) is 11.8. The summed E-state index contributed by atoms with van der Waals surface area (Å²) in [4.78, 5) is 22.9. The minimum absolute atomic E-state index is 0.0428. The zero-order valence-corrected chi connectivity index (χ0v) is 25.3. The molecule has 0 aliphatic heterocycles. The van der Waals surface area contributed by atoms with Gasteiger partial charge in [-0.15, -0.1) is 0 Å². The number of hydrogen-bond donors (Lipinski definition) is 2. The molecule has 4 aromatic rings. The SMILES string of the molecule is O=S(=O)(O)NC1CCCCC1.c1ccc(CN(CCN(Cc2ccccn2)Cc2ccccn2)Cc2ccccn2)nc1. The van der Waals surface area contributed by atoms with Gasteiger partial charge in [-0.1, -0.05) is 43.5 Å². The fourth-order valence-electron chi connectivity index (χ4n) is 5.02. The van der Waals surface area contributed by atoms with Gasteiger partial charge < -0.3 is 0 Å². The molecule has 0 atom stereocenters. The number of hydrogen-bond acceptors (Lipinski definition) is 8. The van der Waals surface area contributed by atoms with Crippen LogP contribution in [0.4, 0.5) is 0 Å². The Balaban J connectivity index is 0.000000324. The molecular formula is C32H41N7O3S. The average Bonchev–Trinajstić information content (AvgIpc) is 3.02. The van der Waals surface area contributed by atoms with Gasteiger partial charge in [0.05, 0.1) is 22.8 Å². The minimum Gasteiger partial charge on any atom is -0.290 e. The van der Waals surface area contributed by atoms with Gasteiger partial charge in [-0.2, -0.15) is 13.1 Å². The molecule has 4 heterocycles. The van der Waals surface area contributed by atoms with Crippen LogP contribution in [0.3, 0.4) is 0 Å². The predicted molar refractivity (Wildman–Crippen MR) is 167 cm³/mol. The van der Waals surface area contributed by atoms with Crippen LogP contribution in [0, 0.1) is 0 Å². The number of nitrogens with zero attached hydrogens (tertiary/aromatic N) is 6. The van der Waals surface area contributed by atoms with Crippen molar-refractivity contribution in [2.75, 3.05) is 13.1 Å². The van der Waals surface area contributed by atoms with Crippen molar-refractivity contribution in [2.45, 2.75) is 64.3 Å². The molecule has 0 aromatic carbocycles. The topological polar surface area (TPSA) is 124 Å². The lowest BCUT2D eigenvalue weighted by Crippen LogP contribution is -2.35. The molecule has 2 N–H and O–H groups in total. The monoisotopic (exact) mass is 603 g/mol. The van der Waals surface area contributed by atoms with E-state index < -0.39 is 10.3 Å². The Labute approximate surface area is 255 Å². The van der Waals surface area contributed by atoms with Crippen molar-refractivity contribution < 1.29 is 13.0 Å². The lowest BCUT2D eigenvalue weighted by molar-refractivity contribution is 0.178. The molecule has 1 fully saturated rings. The van der Waals surface area contributed by atoms with E-state index in [1.807, 2.05) is 73.3 Å². The second kappa shape index (κ2) is 17.5. The van der Waals surface area contributed by atoms with E-state index in [0.29, 0.717) is 0 Å². The number of aromatic nitrogens is 4.